The molecule has 1 unspecified atom stereocenters. The van der Waals surface area contributed by atoms with Crippen LogP contribution in [0, 0.1) is 5.92 Å². The highest BCUT2D eigenvalue weighted by Crippen LogP contribution is 2.38. The number of halogens is 6. The standard InChI is InChI=1S/C26H22F6N2O3/c1-2-37-24(36)17-4-3-9-34(14-17)23(35)16-6-8-21-15(10-16)5-7-22(33-21)18-11-19(25(27,28)29)13-20(12-18)26(30,31)32/h5-8,10-13,17H,2-4,9,14H2,1H3. The van der Waals surface area contributed by atoms with Gasteiger partial charge in [0.2, 0.25) is 0 Å². The van der Waals surface area contributed by atoms with Gasteiger partial charge in [-0.15, -0.1) is 0 Å². The normalized spacial score (nSPS) is 16.6. The Balaban J connectivity index is 1.63. The third-order valence-electron chi connectivity index (χ3n) is 6.15. The van der Waals surface area contributed by atoms with E-state index in [1.165, 1.54) is 24.3 Å². The number of carbonyl (C=O) groups is 2. The zero-order valence-corrected chi connectivity index (χ0v) is 19.6. The minimum Gasteiger partial charge on any atom is -0.466 e. The zero-order valence-electron chi connectivity index (χ0n) is 19.6. The Morgan fingerprint density at radius 1 is 0.973 bits per heavy atom. The average molecular weight is 524 g/mol. The molecule has 1 fully saturated rings. The van der Waals surface area contributed by atoms with Crippen LogP contribution >= 0.6 is 0 Å². The van der Waals surface area contributed by atoms with Gasteiger partial charge in [0.15, 0.2) is 0 Å². The Bertz CT molecular complexity index is 1300. The van der Waals surface area contributed by atoms with Crippen LogP contribution in [0.4, 0.5) is 26.3 Å². The summed E-state index contributed by atoms with van der Waals surface area (Å²) in [4.78, 5) is 31.0. The van der Waals surface area contributed by atoms with Crippen molar-refractivity contribution in [3.63, 3.8) is 0 Å². The summed E-state index contributed by atoms with van der Waals surface area (Å²) in [5, 5.41) is 0.483. The van der Waals surface area contributed by atoms with Crippen LogP contribution in [0.2, 0.25) is 0 Å². The number of carbonyl (C=O) groups excluding carboxylic acids is 2. The topological polar surface area (TPSA) is 59.5 Å². The smallest absolute Gasteiger partial charge is 0.416 e. The Labute approximate surface area is 208 Å². The molecular weight excluding hydrogens is 502 g/mol. The summed E-state index contributed by atoms with van der Waals surface area (Å²) in [6.45, 7) is 2.66. The maximum atomic E-state index is 13.2. The van der Waals surface area contributed by atoms with Gasteiger partial charge in [-0.3, -0.25) is 9.59 Å². The van der Waals surface area contributed by atoms with E-state index in [0.29, 0.717) is 48.0 Å². The van der Waals surface area contributed by atoms with Gasteiger partial charge in [-0.05, 0) is 62.2 Å². The number of likely N-dealkylation sites (tertiary alicyclic amines) is 1. The zero-order chi connectivity index (χ0) is 27.0. The van der Waals surface area contributed by atoms with Gasteiger partial charge in [0.1, 0.15) is 0 Å². The molecule has 0 spiro atoms. The number of esters is 1. The molecule has 0 bridgehead atoms. The van der Waals surface area contributed by atoms with Crippen molar-refractivity contribution in [2.75, 3.05) is 19.7 Å². The summed E-state index contributed by atoms with van der Waals surface area (Å²) in [5.41, 5.74) is -2.64. The Kier molecular flexibility index (Phi) is 7.16. The molecular formula is C26H22F6N2O3. The Hall–Kier alpha value is -3.63. The van der Waals surface area contributed by atoms with E-state index < -0.39 is 29.4 Å². The van der Waals surface area contributed by atoms with Crippen LogP contribution < -0.4 is 0 Å². The summed E-state index contributed by atoms with van der Waals surface area (Å²) in [6.07, 6.45) is -8.67. The molecule has 2 aromatic carbocycles. The van der Waals surface area contributed by atoms with E-state index in [0.717, 1.165) is 0 Å². The van der Waals surface area contributed by atoms with Crippen LogP contribution in [0.5, 0.6) is 0 Å². The van der Waals surface area contributed by atoms with Crippen molar-refractivity contribution in [2.45, 2.75) is 32.1 Å². The fourth-order valence-corrected chi connectivity index (χ4v) is 4.32. The fraction of sp³-hybridized carbons (Fsp3) is 0.346. The first-order chi connectivity index (χ1) is 17.4. The molecule has 0 aliphatic carbocycles. The number of benzene rings is 2. The average Bonchev–Trinajstić information content (AvgIpc) is 2.86. The number of piperidine rings is 1. The van der Waals surface area contributed by atoms with E-state index in [4.69, 9.17) is 4.74 Å². The van der Waals surface area contributed by atoms with Crippen molar-refractivity contribution >= 4 is 22.8 Å². The van der Waals surface area contributed by atoms with E-state index in [-0.39, 0.29) is 42.4 Å². The fourth-order valence-electron chi connectivity index (χ4n) is 4.32. The molecule has 1 aliphatic rings. The molecule has 1 aliphatic heterocycles. The minimum atomic E-state index is -4.97. The van der Waals surface area contributed by atoms with Crippen molar-refractivity contribution in [3.8, 4) is 11.3 Å². The van der Waals surface area contributed by atoms with Crippen molar-refractivity contribution in [2.24, 2.45) is 5.92 Å². The van der Waals surface area contributed by atoms with Crippen LogP contribution in [0.1, 0.15) is 41.3 Å². The van der Waals surface area contributed by atoms with E-state index in [1.807, 2.05) is 0 Å². The second-order valence-corrected chi connectivity index (χ2v) is 8.74. The number of ether oxygens (including phenoxy) is 1. The van der Waals surface area contributed by atoms with Crippen molar-refractivity contribution in [1.29, 1.82) is 0 Å². The van der Waals surface area contributed by atoms with Crippen LogP contribution in [-0.2, 0) is 21.9 Å². The minimum absolute atomic E-state index is 0.0650. The van der Waals surface area contributed by atoms with E-state index >= 15 is 0 Å². The number of amides is 1. The highest BCUT2D eigenvalue weighted by molar-refractivity contribution is 5.98. The van der Waals surface area contributed by atoms with Gasteiger partial charge >= 0.3 is 18.3 Å². The van der Waals surface area contributed by atoms with Crippen molar-refractivity contribution in [3.05, 3.63) is 65.2 Å². The predicted molar refractivity (Wildman–Crippen MR) is 122 cm³/mol. The number of pyridine rings is 1. The van der Waals surface area contributed by atoms with E-state index in [9.17, 15) is 35.9 Å². The lowest BCUT2D eigenvalue weighted by atomic mass is 9.97. The highest BCUT2D eigenvalue weighted by Gasteiger charge is 2.37. The molecule has 0 saturated carbocycles. The molecule has 3 aromatic rings. The lowest BCUT2D eigenvalue weighted by Crippen LogP contribution is -2.42. The summed E-state index contributed by atoms with van der Waals surface area (Å²) in [6, 6.07) is 8.63. The van der Waals surface area contributed by atoms with E-state index in [1.54, 1.807) is 17.9 Å². The maximum absolute atomic E-state index is 13.2. The first-order valence-electron chi connectivity index (χ1n) is 11.5. The third-order valence-corrected chi connectivity index (χ3v) is 6.15. The molecule has 37 heavy (non-hydrogen) atoms. The lowest BCUT2D eigenvalue weighted by molar-refractivity contribution is -0.149. The molecule has 0 radical (unpaired) electrons. The number of aromatic nitrogens is 1. The first-order valence-corrected chi connectivity index (χ1v) is 11.5. The van der Waals surface area contributed by atoms with Crippen molar-refractivity contribution in [1.82, 2.24) is 9.88 Å². The number of alkyl halides is 6. The van der Waals surface area contributed by atoms with Gasteiger partial charge in [-0.25, -0.2) is 4.98 Å². The number of hydrogen-bond donors (Lipinski definition) is 0. The number of hydrogen-bond acceptors (Lipinski definition) is 4. The van der Waals surface area contributed by atoms with Gasteiger partial charge in [0.25, 0.3) is 5.91 Å². The summed E-state index contributed by atoms with van der Waals surface area (Å²) >= 11 is 0. The van der Waals surface area contributed by atoms with Crippen molar-refractivity contribution < 1.29 is 40.7 Å². The molecule has 4 rings (SSSR count). The van der Waals surface area contributed by atoms with Gasteiger partial charge in [-0.1, -0.05) is 6.07 Å². The second kappa shape index (κ2) is 10.0. The summed E-state index contributed by atoms with van der Waals surface area (Å²) < 4.78 is 84.5. The van der Waals surface area contributed by atoms with Gasteiger partial charge in [-0.2, -0.15) is 26.3 Å². The largest absolute Gasteiger partial charge is 0.466 e. The number of rotatable bonds is 4. The Morgan fingerprint density at radius 3 is 2.27 bits per heavy atom. The van der Waals surface area contributed by atoms with Gasteiger partial charge in [0, 0.05) is 29.6 Å². The molecule has 1 atom stereocenters. The van der Waals surface area contributed by atoms with Gasteiger partial charge in [0.05, 0.1) is 34.9 Å². The third kappa shape index (κ3) is 5.86. The Morgan fingerprint density at radius 2 is 1.65 bits per heavy atom. The molecule has 196 valence electrons. The molecule has 5 nitrogen and oxygen atoms in total. The van der Waals surface area contributed by atoms with E-state index in [2.05, 4.69) is 4.98 Å². The maximum Gasteiger partial charge on any atom is 0.416 e. The quantitative estimate of drug-likeness (QED) is 0.295. The second-order valence-electron chi connectivity index (χ2n) is 8.74. The van der Waals surface area contributed by atoms with Crippen LogP contribution in [0.15, 0.2) is 48.5 Å². The molecule has 11 heteroatoms. The monoisotopic (exact) mass is 524 g/mol. The summed E-state index contributed by atoms with van der Waals surface area (Å²) in [7, 11) is 0. The molecule has 1 saturated heterocycles. The molecule has 2 heterocycles. The van der Waals surface area contributed by atoms with Crippen LogP contribution in [-0.4, -0.2) is 41.5 Å². The lowest BCUT2D eigenvalue weighted by Gasteiger charge is -2.31. The SMILES string of the molecule is CCOC(=O)C1CCCN(C(=O)c2ccc3nc(-c4cc(C(F)(F)F)cc(C(F)(F)F)c4)ccc3c2)C1. The predicted octanol–water partition coefficient (Wildman–Crippen LogP) is 6.35. The first kappa shape index (κ1) is 26.4. The van der Waals surface area contributed by atoms with Crippen LogP contribution in [0.3, 0.4) is 0 Å². The molecule has 0 N–H and O–H groups in total. The number of nitrogens with zero attached hydrogens (tertiary/aromatic N) is 2. The number of fused-ring (bicyclic) bond motifs is 1. The molecule has 1 amide bonds. The van der Waals surface area contributed by atoms with Crippen LogP contribution in [0.25, 0.3) is 22.2 Å². The molecule has 1 aromatic heterocycles. The van der Waals surface area contributed by atoms with Gasteiger partial charge < -0.3 is 9.64 Å². The highest BCUT2D eigenvalue weighted by atomic mass is 19.4. The summed E-state index contributed by atoms with van der Waals surface area (Å²) in [5.74, 6) is -1.05.